The minimum atomic E-state index is -0.0868. The second-order valence-electron chi connectivity index (χ2n) is 4.74. The molecule has 88 valence electrons. The van der Waals surface area contributed by atoms with E-state index >= 15 is 0 Å². The third kappa shape index (κ3) is 2.99. The van der Waals surface area contributed by atoms with Gasteiger partial charge in [-0.2, -0.15) is 0 Å². The zero-order valence-corrected chi connectivity index (χ0v) is 10.3. The van der Waals surface area contributed by atoms with Crippen molar-refractivity contribution in [3.63, 3.8) is 0 Å². The lowest BCUT2D eigenvalue weighted by Gasteiger charge is -2.27. The Hall–Kier alpha value is -0.530. The van der Waals surface area contributed by atoms with E-state index in [2.05, 4.69) is 6.07 Å². The zero-order valence-electron chi connectivity index (χ0n) is 9.53. The van der Waals surface area contributed by atoms with Crippen LogP contribution in [-0.4, -0.2) is 11.2 Å². The van der Waals surface area contributed by atoms with Gasteiger partial charge in [0.05, 0.1) is 6.10 Å². The third-order valence-electron chi connectivity index (χ3n) is 3.61. The van der Waals surface area contributed by atoms with Crippen LogP contribution < -0.4 is 0 Å². The Bertz CT molecular complexity index is 337. The molecule has 0 heterocycles. The number of rotatable bonds is 3. The zero-order chi connectivity index (χ0) is 11.4. The van der Waals surface area contributed by atoms with Gasteiger partial charge in [0, 0.05) is 5.02 Å². The smallest absolute Gasteiger partial charge is 0.0568 e. The van der Waals surface area contributed by atoms with Crippen molar-refractivity contribution in [2.75, 3.05) is 0 Å². The van der Waals surface area contributed by atoms with Crippen LogP contribution in [0.1, 0.15) is 37.7 Å². The van der Waals surface area contributed by atoms with Gasteiger partial charge in [-0.1, -0.05) is 42.6 Å². The van der Waals surface area contributed by atoms with Gasteiger partial charge in [-0.05, 0) is 43.2 Å². The quantitative estimate of drug-likeness (QED) is 0.849. The number of aliphatic hydroxyl groups is 1. The van der Waals surface area contributed by atoms with Crippen molar-refractivity contribution in [2.45, 2.75) is 44.6 Å². The summed E-state index contributed by atoms with van der Waals surface area (Å²) in [5.41, 5.74) is 1.21. The van der Waals surface area contributed by atoms with Crippen LogP contribution in [0.5, 0.6) is 0 Å². The van der Waals surface area contributed by atoms with E-state index in [1.807, 2.05) is 18.2 Å². The Labute approximate surface area is 102 Å². The summed E-state index contributed by atoms with van der Waals surface area (Å²) in [6.07, 6.45) is 6.57. The molecule has 2 atom stereocenters. The average molecular weight is 239 g/mol. The SMILES string of the molecule is OC1CCCCC1CCc1ccccc1Cl. The molecular formula is C14H19ClO. The Balaban J connectivity index is 1.89. The molecule has 1 aliphatic carbocycles. The molecular weight excluding hydrogens is 220 g/mol. The normalized spacial score (nSPS) is 25.6. The lowest BCUT2D eigenvalue weighted by Crippen LogP contribution is -2.24. The van der Waals surface area contributed by atoms with Gasteiger partial charge in [0.15, 0.2) is 0 Å². The molecule has 0 bridgehead atoms. The van der Waals surface area contributed by atoms with Gasteiger partial charge in [-0.3, -0.25) is 0 Å². The van der Waals surface area contributed by atoms with Crippen LogP contribution >= 0.6 is 11.6 Å². The molecule has 16 heavy (non-hydrogen) atoms. The topological polar surface area (TPSA) is 20.2 Å². The molecule has 0 spiro atoms. The lowest BCUT2D eigenvalue weighted by molar-refractivity contribution is 0.0655. The second kappa shape index (κ2) is 5.70. The van der Waals surface area contributed by atoms with Crippen molar-refractivity contribution in [1.29, 1.82) is 0 Å². The van der Waals surface area contributed by atoms with Gasteiger partial charge in [0.2, 0.25) is 0 Å². The van der Waals surface area contributed by atoms with Crippen molar-refractivity contribution < 1.29 is 5.11 Å². The van der Waals surface area contributed by atoms with Crippen LogP contribution in [0.2, 0.25) is 5.02 Å². The molecule has 0 radical (unpaired) electrons. The molecule has 0 aliphatic heterocycles. The lowest BCUT2D eigenvalue weighted by atomic mass is 9.83. The van der Waals surface area contributed by atoms with Crippen molar-refractivity contribution in [1.82, 2.24) is 0 Å². The summed E-state index contributed by atoms with van der Waals surface area (Å²) in [4.78, 5) is 0. The number of hydrogen-bond donors (Lipinski definition) is 1. The molecule has 2 unspecified atom stereocenters. The van der Waals surface area contributed by atoms with E-state index in [1.54, 1.807) is 0 Å². The Morgan fingerprint density at radius 1 is 1.19 bits per heavy atom. The fourth-order valence-electron chi connectivity index (χ4n) is 2.57. The highest BCUT2D eigenvalue weighted by Crippen LogP contribution is 2.29. The van der Waals surface area contributed by atoms with Gasteiger partial charge in [-0.25, -0.2) is 0 Å². The Kier molecular flexibility index (Phi) is 4.25. The maximum atomic E-state index is 9.88. The first-order chi connectivity index (χ1) is 7.77. The van der Waals surface area contributed by atoms with Crippen molar-refractivity contribution in [3.8, 4) is 0 Å². The Morgan fingerprint density at radius 3 is 2.69 bits per heavy atom. The highest BCUT2D eigenvalue weighted by Gasteiger charge is 2.22. The molecule has 0 saturated heterocycles. The van der Waals surface area contributed by atoms with E-state index in [1.165, 1.54) is 24.8 Å². The van der Waals surface area contributed by atoms with E-state index in [0.29, 0.717) is 5.92 Å². The molecule has 1 saturated carbocycles. The standard InChI is InChI=1S/C14H19ClO/c15-13-7-3-1-5-11(13)9-10-12-6-2-4-8-14(12)16/h1,3,5,7,12,14,16H,2,4,6,8-10H2. The van der Waals surface area contributed by atoms with Crippen molar-refractivity contribution in [2.24, 2.45) is 5.92 Å². The number of aryl methyl sites for hydroxylation is 1. The van der Waals surface area contributed by atoms with Crippen LogP contribution in [0.25, 0.3) is 0 Å². The molecule has 1 N–H and O–H groups in total. The first kappa shape index (κ1) is 11.9. The molecule has 1 nitrogen and oxygen atoms in total. The predicted molar refractivity (Wildman–Crippen MR) is 67.7 cm³/mol. The van der Waals surface area contributed by atoms with Crippen molar-refractivity contribution in [3.05, 3.63) is 34.9 Å². The van der Waals surface area contributed by atoms with Gasteiger partial charge in [0.1, 0.15) is 0 Å². The fourth-order valence-corrected chi connectivity index (χ4v) is 2.80. The molecule has 1 fully saturated rings. The summed E-state index contributed by atoms with van der Waals surface area (Å²) in [7, 11) is 0. The van der Waals surface area contributed by atoms with E-state index in [-0.39, 0.29) is 6.10 Å². The minimum absolute atomic E-state index is 0.0868. The molecule has 1 aromatic rings. The van der Waals surface area contributed by atoms with Crippen LogP contribution in [-0.2, 0) is 6.42 Å². The number of benzene rings is 1. The van der Waals surface area contributed by atoms with Crippen LogP contribution in [0.3, 0.4) is 0 Å². The number of halogens is 1. The summed E-state index contributed by atoms with van der Waals surface area (Å²) in [5, 5.41) is 10.7. The van der Waals surface area contributed by atoms with E-state index in [0.717, 1.165) is 24.3 Å². The average Bonchev–Trinajstić information content (AvgIpc) is 2.30. The fraction of sp³-hybridized carbons (Fsp3) is 0.571. The largest absolute Gasteiger partial charge is 0.393 e. The van der Waals surface area contributed by atoms with E-state index in [4.69, 9.17) is 11.6 Å². The van der Waals surface area contributed by atoms with Gasteiger partial charge >= 0.3 is 0 Å². The first-order valence-corrected chi connectivity index (χ1v) is 6.56. The molecule has 0 aromatic heterocycles. The second-order valence-corrected chi connectivity index (χ2v) is 5.15. The highest BCUT2D eigenvalue weighted by atomic mass is 35.5. The maximum Gasteiger partial charge on any atom is 0.0568 e. The summed E-state index contributed by atoms with van der Waals surface area (Å²) >= 11 is 6.12. The maximum absolute atomic E-state index is 9.88. The predicted octanol–water partition coefficient (Wildman–Crippen LogP) is 3.82. The monoisotopic (exact) mass is 238 g/mol. The minimum Gasteiger partial charge on any atom is -0.393 e. The Morgan fingerprint density at radius 2 is 1.94 bits per heavy atom. The van der Waals surface area contributed by atoms with Crippen LogP contribution in [0.15, 0.2) is 24.3 Å². The van der Waals surface area contributed by atoms with Crippen LogP contribution in [0, 0.1) is 5.92 Å². The number of hydrogen-bond acceptors (Lipinski definition) is 1. The summed E-state index contributed by atoms with van der Waals surface area (Å²) in [6, 6.07) is 8.01. The third-order valence-corrected chi connectivity index (χ3v) is 3.98. The van der Waals surface area contributed by atoms with Crippen molar-refractivity contribution >= 4 is 11.6 Å². The first-order valence-electron chi connectivity index (χ1n) is 6.19. The summed E-state index contributed by atoms with van der Waals surface area (Å²) in [5.74, 6) is 0.477. The number of aliphatic hydroxyl groups excluding tert-OH is 1. The van der Waals surface area contributed by atoms with Crippen LogP contribution in [0.4, 0.5) is 0 Å². The highest BCUT2D eigenvalue weighted by molar-refractivity contribution is 6.31. The van der Waals surface area contributed by atoms with Gasteiger partial charge in [-0.15, -0.1) is 0 Å². The summed E-state index contributed by atoms with van der Waals surface area (Å²) in [6.45, 7) is 0. The van der Waals surface area contributed by atoms with E-state index < -0.39 is 0 Å². The molecule has 1 aromatic carbocycles. The molecule has 1 aliphatic rings. The molecule has 2 rings (SSSR count). The van der Waals surface area contributed by atoms with E-state index in [9.17, 15) is 5.11 Å². The summed E-state index contributed by atoms with van der Waals surface area (Å²) < 4.78 is 0. The van der Waals surface area contributed by atoms with Gasteiger partial charge < -0.3 is 5.11 Å². The van der Waals surface area contributed by atoms with Gasteiger partial charge in [0.25, 0.3) is 0 Å². The molecule has 2 heteroatoms. The molecule has 0 amide bonds.